The molecule has 0 atom stereocenters. The average molecular weight is 136 g/mol. The number of cyclic esters (lactones) is 1. The number of rotatable bonds is 0. The molecule has 0 saturated heterocycles. The van der Waals surface area contributed by atoms with Gasteiger partial charge in [-0.3, -0.25) is 0 Å². The highest BCUT2D eigenvalue weighted by Gasteiger charge is 2.21. The van der Waals surface area contributed by atoms with Crippen LogP contribution in [0.1, 0.15) is 12.8 Å². The summed E-state index contributed by atoms with van der Waals surface area (Å²) in [5.41, 5.74) is 2.04. The van der Waals surface area contributed by atoms with Crippen LogP contribution in [0, 0.1) is 0 Å². The van der Waals surface area contributed by atoms with Crippen LogP contribution in [0.5, 0.6) is 0 Å². The minimum absolute atomic E-state index is 0.119. The van der Waals surface area contributed by atoms with Crippen LogP contribution in [-0.2, 0) is 9.53 Å². The molecule has 2 rings (SSSR count). The van der Waals surface area contributed by atoms with Crippen molar-refractivity contribution in [2.75, 3.05) is 6.61 Å². The second kappa shape index (κ2) is 1.97. The van der Waals surface area contributed by atoms with E-state index in [-0.39, 0.29) is 5.97 Å². The lowest BCUT2D eigenvalue weighted by Gasteiger charge is -2.12. The van der Waals surface area contributed by atoms with Gasteiger partial charge in [-0.05, 0) is 12.0 Å². The van der Waals surface area contributed by atoms with E-state index in [4.69, 9.17) is 4.74 Å². The summed E-state index contributed by atoms with van der Waals surface area (Å²) in [4.78, 5) is 11.0. The van der Waals surface area contributed by atoms with Crippen molar-refractivity contribution in [2.24, 2.45) is 0 Å². The van der Waals surface area contributed by atoms with Crippen molar-refractivity contribution < 1.29 is 9.53 Å². The van der Waals surface area contributed by atoms with Gasteiger partial charge in [0.1, 0.15) is 0 Å². The van der Waals surface area contributed by atoms with E-state index in [9.17, 15) is 4.79 Å². The molecule has 0 saturated carbocycles. The summed E-state index contributed by atoms with van der Waals surface area (Å²) in [5, 5.41) is 0. The van der Waals surface area contributed by atoms with Gasteiger partial charge in [0.05, 0.1) is 6.61 Å². The number of carbonyl (C=O) groups excluding carboxylic acids is 1. The van der Waals surface area contributed by atoms with Crippen molar-refractivity contribution in [3.63, 3.8) is 0 Å². The van der Waals surface area contributed by atoms with Crippen LogP contribution in [0.3, 0.4) is 0 Å². The van der Waals surface area contributed by atoms with Crippen LogP contribution in [0.15, 0.2) is 23.3 Å². The first-order valence-corrected chi connectivity index (χ1v) is 3.43. The van der Waals surface area contributed by atoms with Crippen molar-refractivity contribution >= 4 is 5.97 Å². The summed E-state index contributed by atoms with van der Waals surface area (Å²) < 4.78 is 4.85. The third-order valence-corrected chi connectivity index (χ3v) is 1.88. The van der Waals surface area contributed by atoms with E-state index in [1.807, 2.05) is 12.2 Å². The molecule has 0 fully saturated rings. The first kappa shape index (κ1) is 5.71. The predicted octanol–water partition coefficient (Wildman–Crippen LogP) is 1.19. The lowest BCUT2D eigenvalue weighted by Crippen LogP contribution is -2.14. The molecule has 0 radical (unpaired) electrons. The fourth-order valence-corrected chi connectivity index (χ4v) is 1.34. The Bertz CT molecular complexity index is 236. The standard InChI is InChI=1S/C8H8O2/c9-8-7-3-1-2-6(7)4-5-10-8/h1-2H,3-5H2. The summed E-state index contributed by atoms with van der Waals surface area (Å²) in [6.45, 7) is 0.558. The Labute approximate surface area is 59.2 Å². The zero-order chi connectivity index (χ0) is 6.97. The zero-order valence-corrected chi connectivity index (χ0v) is 5.59. The Morgan fingerprint density at radius 1 is 1.50 bits per heavy atom. The van der Waals surface area contributed by atoms with Gasteiger partial charge >= 0.3 is 5.97 Å². The van der Waals surface area contributed by atoms with E-state index < -0.39 is 0 Å². The minimum Gasteiger partial charge on any atom is -0.462 e. The summed E-state index contributed by atoms with van der Waals surface area (Å²) in [6, 6.07) is 0. The molecule has 0 bridgehead atoms. The third kappa shape index (κ3) is 0.685. The summed E-state index contributed by atoms with van der Waals surface area (Å²) in [6.07, 6.45) is 5.71. The normalized spacial score (nSPS) is 23.0. The molecule has 2 heteroatoms. The maximum absolute atomic E-state index is 11.0. The zero-order valence-electron chi connectivity index (χ0n) is 5.59. The molecule has 2 nitrogen and oxygen atoms in total. The van der Waals surface area contributed by atoms with E-state index in [0.29, 0.717) is 6.61 Å². The van der Waals surface area contributed by atoms with Crippen LogP contribution >= 0.6 is 0 Å². The average Bonchev–Trinajstić information content (AvgIpc) is 2.36. The monoisotopic (exact) mass is 136 g/mol. The second-order valence-electron chi connectivity index (χ2n) is 2.50. The Morgan fingerprint density at radius 3 is 3.20 bits per heavy atom. The first-order chi connectivity index (χ1) is 4.88. The molecular weight excluding hydrogens is 128 g/mol. The lowest BCUT2D eigenvalue weighted by atomic mass is 10.1. The molecule has 1 aliphatic heterocycles. The van der Waals surface area contributed by atoms with Crippen molar-refractivity contribution in [1.29, 1.82) is 0 Å². The van der Waals surface area contributed by atoms with Gasteiger partial charge in [0.25, 0.3) is 0 Å². The van der Waals surface area contributed by atoms with E-state index in [0.717, 1.165) is 18.4 Å². The fourth-order valence-electron chi connectivity index (χ4n) is 1.34. The Morgan fingerprint density at radius 2 is 2.40 bits per heavy atom. The first-order valence-electron chi connectivity index (χ1n) is 3.43. The quantitative estimate of drug-likeness (QED) is 0.467. The number of hydrogen-bond acceptors (Lipinski definition) is 2. The van der Waals surface area contributed by atoms with E-state index in [1.165, 1.54) is 5.57 Å². The van der Waals surface area contributed by atoms with Crippen LogP contribution in [0.2, 0.25) is 0 Å². The molecule has 1 heterocycles. The van der Waals surface area contributed by atoms with Crippen LogP contribution < -0.4 is 0 Å². The predicted molar refractivity (Wildman–Crippen MR) is 36.4 cm³/mol. The Balaban J connectivity index is 2.36. The van der Waals surface area contributed by atoms with Gasteiger partial charge in [0.15, 0.2) is 0 Å². The molecule has 52 valence electrons. The molecule has 0 aromatic rings. The molecule has 0 aromatic heterocycles. The number of allylic oxidation sites excluding steroid dienone is 2. The molecule has 0 aromatic carbocycles. The largest absolute Gasteiger partial charge is 0.462 e. The van der Waals surface area contributed by atoms with Gasteiger partial charge in [-0.15, -0.1) is 0 Å². The highest BCUT2D eigenvalue weighted by atomic mass is 16.5. The van der Waals surface area contributed by atoms with Crippen molar-refractivity contribution in [3.8, 4) is 0 Å². The van der Waals surface area contributed by atoms with Gasteiger partial charge in [-0.2, -0.15) is 0 Å². The maximum Gasteiger partial charge on any atom is 0.334 e. The summed E-state index contributed by atoms with van der Waals surface area (Å²) >= 11 is 0. The van der Waals surface area contributed by atoms with Crippen molar-refractivity contribution in [1.82, 2.24) is 0 Å². The van der Waals surface area contributed by atoms with E-state index in [1.54, 1.807) is 0 Å². The smallest absolute Gasteiger partial charge is 0.334 e. The van der Waals surface area contributed by atoms with Crippen LogP contribution in [0.25, 0.3) is 0 Å². The van der Waals surface area contributed by atoms with Crippen molar-refractivity contribution in [2.45, 2.75) is 12.8 Å². The van der Waals surface area contributed by atoms with E-state index >= 15 is 0 Å². The van der Waals surface area contributed by atoms with Crippen LogP contribution in [-0.4, -0.2) is 12.6 Å². The lowest BCUT2D eigenvalue weighted by molar-refractivity contribution is -0.140. The SMILES string of the molecule is O=C1OCCC2=C1CC=C2. The molecule has 2 aliphatic rings. The summed E-state index contributed by atoms with van der Waals surface area (Å²) in [5.74, 6) is -0.119. The molecule has 0 amide bonds. The maximum atomic E-state index is 11.0. The number of carbonyl (C=O) groups is 1. The molecule has 10 heavy (non-hydrogen) atoms. The molecule has 1 aliphatic carbocycles. The van der Waals surface area contributed by atoms with Crippen molar-refractivity contribution in [3.05, 3.63) is 23.3 Å². The Hall–Kier alpha value is -1.05. The topological polar surface area (TPSA) is 26.3 Å². The minimum atomic E-state index is -0.119. The molecule has 0 N–H and O–H groups in total. The summed E-state index contributed by atoms with van der Waals surface area (Å²) in [7, 11) is 0. The van der Waals surface area contributed by atoms with Crippen LogP contribution in [0.4, 0.5) is 0 Å². The third-order valence-electron chi connectivity index (χ3n) is 1.88. The molecule has 0 spiro atoms. The number of esters is 1. The van der Waals surface area contributed by atoms with Gasteiger partial charge in [0.2, 0.25) is 0 Å². The van der Waals surface area contributed by atoms with Gasteiger partial charge in [-0.25, -0.2) is 4.79 Å². The van der Waals surface area contributed by atoms with Gasteiger partial charge < -0.3 is 4.74 Å². The molecular formula is C8H8O2. The van der Waals surface area contributed by atoms with Gasteiger partial charge in [0, 0.05) is 12.0 Å². The number of ether oxygens (including phenoxy) is 1. The van der Waals surface area contributed by atoms with Gasteiger partial charge in [-0.1, -0.05) is 12.2 Å². The van der Waals surface area contributed by atoms with E-state index in [2.05, 4.69) is 0 Å². The second-order valence-corrected chi connectivity index (χ2v) is 2.50. The highest BCUT2D eigenvalue weighted by Crippen LogP contribution is 2.26. The fraction of sp³-hybridized carbons (Fsp3) is 0.375. The molecule has 0 unspecified atom stereocenters. The highest BCUT2D eigenvalue weighted by molar-refractivity contribution is 5.92. The number of hydrogen-bond donors (Lipinski definition) is 0. The Kier molecular flexibility index (Phi) is 1.13.